The van der Waals surface area contributed by atoms with E-state index in [0.717, 1.165) is 22.3 Å². The first-order valence-corrected chi connectivity index (χ1v) is 6.84. The maximum atomic E-state index is 11.1. The maximum Gasteiger partial charge on any atom is 0.320 e. The molecule has 1 heterocycles. The highest BCUT2D eigenvalue weighted by atomic mass is 79.9. The molecule has 0 saturated carbocycles. The lowest BCUT2D eigenvalue weighted by Gasteiger charge is -2.23. The monoisotopic (exact) mass is 317 g/mol. The Morgan fingerprint density at radius 1 is 1.56 bits per heavy atom. The van der Waals surface area contributed by atoms with E-state index in [2.05, 4.69) is 21.0 Å². The number of likely N-dealkylation sites (N-methyl/N-ethyl adjacent to an activating group) is 1. The van der Waals surface area contributed by atoms with Gasteiger partial charge in [-0.05, 0) is 35.8 Å². The normalized spacial score (nSPS) is 13.0. The van der Waals surface area contributed by atoms with Crippen molar-refractivity contribution in [3.63, 3.8) is 0 Å². The molecule has 18 heavy (non-hydrogen) atoms. The Balaban J connectivity index is 2.90. The molecule has 5 nitrogen and oxygen atoms in total. The minimum absolute atomic E-state index is 0.461. The molecule has 102 valence electrons. The summed E-state index contributed by atoms with van der Waals surface area (Å²) in [5.74, 6) is -0.783. The van der Waals surface area contributed by atoms with E-state index in [1.54, 1.807) is 0 Å². The second kappa shape index (κ2) is 6.33. The standard InChI is InChI=1S/C12H20BrN3O2/c1-5-8-11(13)10(16(4)14-8)7-15(3)9(6-2)12(17)18/h9H,5-7H2,1-4H3,(H,17,18). The summed E-state index contributed by atoms with van der Waals surface area (Å²) in [5.41, 5.74) is 2.01. The number of aromatic nitrogens is 2. The molecule has 0 fully saturated rings. The van der Waals surface area contributed by atoms with Gasteiger partial charge in [-0.1, -0.05) is 13.8 Å². The number of rotatable bonds is 6. The molecule has 1 rings (SSSR count). The molecule has 0 amide bonds. The van der Waals surface area contributed by atoms with E-state index in [1.807, 2.05) is 37.5 Å². The largest absolute Gasteiger partial charge is 0.480 e. The Labute approximate surface area is 116 Å². The zero-order valence-corrected chi connectivity index (χ0v) is 12.9. The van der Waals surface area contributed by atoms with E-state index in [1.165, 1.54) is 0 Å². The number of halogens is 1. The fourth-order valence-electron chi connectivity index (χ4n) is 2.01. The van der Waals surface area contributed by atoms with E-state index >= 15 is 0 Å². The summed E-state index contributed by atoms with van der Waals surface area (Å²) in [4.78, 5) is 13.0. The van der Waals surface area contributed by atoms with Crippen LogP contribution >= 0.6 is 15.9 Å². The van der Waals surface area contributed by atoms with E-state index in [0.29, 0.717) is 13.0 Å². The molecular formula is C12H20BrN3O2. The Bertz CT molecular complexity index is 431. The van der Waals surface area contributed by atoms with Crippen molar-refractivity contribution in [3.05, 3.63) is 15.9 Å². The third-order valence-electron chi connectivity index (χ3n) is 3.11. The molecule has 6 heteroatoms. The van der Waals surface area contributed by atoms with Gasteiger partial charge in [0.1, 0.15) is 6.04 Å². The molecule has 0 spiro atoms. The summed E-state index contributed by atoms with van der Waals surface area (Å²) in [7, 11) is 3.71. The van der Waals surface area contributed by atoms with Crippen molar-refractivity contribution >= 4 is 21.9 Å². The topological polar surface area (TPSA) is 58.4 Å². The molecule has 1 atom stereocenters. The van der Waals surface area contributed by atoms with Crippen LogP contribution in [-0.4, -0.2) is 38.8 Å². The molecule has 1 N–H and O–H groups in total. The van der Waals surface area contributed by atoms with Gasteiger partial charge in [0, 0.05) is 13.6 Å². The smallest absolute Gasteiger partial charge is 0.320 e. The van der Waals surface area contributed by atoms with Gasteiger partial charge in [-0.15, -0.1) is 0 Å². The number of nitrogens with zero attached hydrogens (tertiary/aromatic N) is 3. The molecule has 1 aromatic heterocycles. The van der Waals surface area contributed by atoms with Crippen LogP contribution in [0, 0.1) is 0 Å². The summed E-state index contributed by atoms with van der Waals surface area (Å²) >= 11 is 3.54. The molecule has 0 bridgehead atoms. The predicted molar refractivity (Wildman–Crippen MR) is 73.5 cm³/mol. The van der Waals surface area contributed by atoms with Crippen molar-refractivity contribution in [1.82, 2.24) is 14.7 Å². The summed E-state index contributed by atoms with van der Waals surface area (Å²) < 4.78 is 2.80. The van der Waals surface area contributed by atoms with E-state index in [4.69, 9.17) is 5.11 Å². The number of hydrogen-bond acceptors (Lipinski definition) is 3. The lowest BCUT2D eigenvalue weighted by Crippen LogP contribution is -2.37. The molecular weight excluding hydrogens is 298 g/mol. The maximum absolute atomic E-state index is 11.1. The van der Waals surface area contributed by atoms with Gasteiger partial charge in [-0.2, -0.15) is 5.10 Å². The van der Waals surface area contributed by atoms with Crippen LogP contribution < -0.4 is 0 Å². The number of carboxylic acids is 1. The lowest BCUT2D eigenvalue weighted by molar-refractivity contribution is -0.143. The van der Waals surface area contributed by atoms with Crippen LogP contribution in [0.25, 0.3) is 0 Å². The molecule has 1 aromatic rings. The lowest BCUT2D eigenvalue weighted by atomic mass is 10.2. The number of carbonyl (C=O) groups is 1. The van der Waals surface area contributed by atoms with Crippen molar-refractivity contribution in [1.29, 1.82) is 0 Å². The van der Waals surface area contributed by atoms with Crippen molar-refractivity contribution in [2.75, 3.05) is 7.05 Å². The second-order valence-electron chi connectivity index (χ2n) is 4.36. The van der Waals surface area contributed by atoms with Crippen molar-refractivity contribution in [2.24, 2.45) is 7.05 Å². The SMILES string of the molecule is CCc1nn(C)c(CN(C)C(CC)C(=O)O)c1Br. The van der Waals surface area contributed by atoms with Gasteiger partial charge in [0.2, 0.25) is 0 Å². The van der Waals surface area contributed by atoms with Gasteiger partial charge in [0.15, 0.2) is 0 Å². The highest BCUT2D eigenvalue weighted by Gasteiger charge is 2.23. The van der Waals surface area contributed by atoms with Gasteiger partial charge >= 0.3 is 5.97 Å². The fourth-order valence-corrected chi connectivity index (χ4v) is 2.75. The van der Waals surface area contributed by atoms with Crippen LogP contribution in [0.1, 0.15) is 31.7 Å². The quantitative estimate of drug-likeness (QED) is 0.872. The van der Waals surface area contributed by atoms with E-state index < -0.39 is 12.0 Å². The summed E-state index contributed by atoms with van der Waals surface area (Å²) in [6.45, 7) is 4.49. The van der Waals surface area contributed by atoms with Crippen LogP contribution in [0.3, 0.4) is 0 Å². The third kappa shape index (κ3) is 3.11. The molecule has 0 aliphatic heterocycles. The summed E-state index contributed by atoms with van der Waals surface area (Å²) in [5, 5.41) is 13.5. The van der Waals surface area contributed by atoms with Gasteiger partial charge in [0.05, 0.1) is 15.9 Å². The Hall–Kier alpha value is -0.880. The van der Waals surface area contributed by atoms with E-state index in [9.17, 15) is 4.79 Å². The third-order valence-corrected chi connectivity index (χ3v) is 4.02. The van der Waals surface area contributed by atoms with Crippen molar-refractivity contribution in [2.45, 2.75) is 39.3 Å². The highest BCUT2D eigenvalue weighted by molar-refractivity contribution is 9.10. The zero-order valence-electron chi connectivity index (χ0n) is 11.3. The number of hydrogen-bond donors (Lipinski definition) is 1. The first-order chi connectivity index (χ1) is 8.42. The van der Waals surface area contributed by atoms with Crippen molar-refractivity contribution in [3.8, 4) is 0 Å². The van der Waals surface area contributed by atoms with Crippen LogP contribution in [0.2, 0.25) is 0 Å². The number of carboxylic acid groups (broad SMARTS) is 1. The molecule has 0 radical (unpaired) electrons. The molecule has 0 saturated heterocycles. The van der Waals surface area contributed by atoms with Gasteiger partial charge in [-0.25, -0.2) is 0 Å². The predicted octanol–water partition coefficient (Wildman–Crippen LogP) is 2.04. The average molecular weight is 318 g/mol. The fraction of sp³-hybridized carbons (Fsp3) is 0.667. The second-order valence-corrected chi connectivity index (χ2v) is 5.15. The van der Waals surface area contributed by atoms with Crippen LogP contribution in [0.5, 0.6) is 0 Å². The van der Waals surface area contributed by atoms with E-state index in [-0.39, 0.29) is 0 Å². The van der Waals surface area contributed by atoms with Gasteiger partial charge in [0.25, 0.3) is 0 Å². The first-order valence-electron chi connectivity index (χ1n) is 6.05. The Morgan fingerprint density at radius 3 is 2.56 bits per heavy atom. The zero-order chi connectivity index (χ0) is 13.9. The van der Waals surface area contributed by atoms with Crippen LogP contribution in [0.4, 0.5) is 0 Å². The summed E-state index contributed by atoms with van der Waals surface area (Å²) in [6, 6.07) is -0.461. The van der Waals surface area contributed by atoms with Gasteiger partial charge in [-0.3, -0.25) is 14.4 Å². The molecule has 0 aliphatic carbocycles. The molecule has 0 aliphatic rings. The van der Waals surface area contributed by atoms with Gasteiger partial charge < -0.3 is 5.11 Å². The minimum atomic E-state index is -0.783. The Kier molecular flexibility index (Phi) is 5.34. The minimum Gasteiger partial charge on any atom is -0.480 e. The van der Waals surface area contributed by atoms with Crippen LogP contribution in [0.15, 0.2) is 4.47 Å². The molecule has 1 unspecified atom stereocenters. The highest BCUT2D eigenvalue weighted by Crippen LogP contribution is 2.23. The first kappa shape index (κ1) is 15.2. The average Bonchev–Trinajstić information content (AvgIpc) is 2.56. The van der Waals surface area contributed by atoms with Crippen molar-refractivity contribution < 1.29 is 9.90 Å². The summed E-state index contributed by atoms with van der Waals surface area (Å²) in [6.07, 6.45) is 1.44. The Morgan fingerprint density at radius 2 is 2.17 bits per heavy atom. The number of aryl methyl sites for hydroxylation is 2. The number of aliphatic carboxylic acids is 1. The van der Waals surface area contributed by atoms with Crippen LogP contribution in [-0.2, 0) is 24.8 Å². The molecule has 0 aromatic carbocycles.